The number of aromatic amines is 1. The molecule has 0 saturated carbocycles. The minimum atomic E-state index is -0.287. The van der Waals surface area contributed by atoms with Gasteiger partial charge in [0.15, 0.2) is 0 Å². The third-order valence-corrected chi connectivity index (χ3v) is 3.48. The monoisotopic (exact) mass is 295 g/mol. The molecule has 22 heavy (non-hydrogen) atoms. The standard InChI is InChI=1S/C18H21N3O/c1-18(2,3)14-6-7-15-12(8-14)9-16(20-15)17(22)13(10-19)11-21(4)5/h6-9,11,20H,1-5H3. The Kier molecular flexibility index (Phi) is 4.09. The number of Topliss-reactive ketones (excluding diaryl/α,β-unsaturated/α-hetero) is 1. The molecule has 0 radical (unpaired) electrons. The molecule has 4 nitrogen and oxygen atoms in total. The van der Waals surface area contributed by atoms with E-state index in [0.29, 0.717) is 5.69 Å². The van der Waals surface area contributed by atoms with Crippen LogP contribution >= 0.6 is 0 Å². The maximum atomic E-state index is 12.4. The highest BCUT2D eigenvalue weighted by atomic mass is 16.1. The number of H-pyrrole nitrogens is 1. The summed E-state index contributed by atoms with van der Waals surface area (Å²) in [4.78, 5) is 17.2. The van der Waals surface area contributed by atoms with Crippen molar-refractivity contribution in [2.75, 3.05) is 14.1 Å². The van der Waals surface area contributed by atoms with Gasteiger partial charge in [0.05, 0.1) is 5.69 Å². The fourth-order valence-corrected chi connectivity index (χ4v) is 2.26. The highest BCUT2D eigenvalue weighted by molar-refractivity contribution is 6.12. The van der Waals surface area contributed by atoms with Gasteiger partial charge in [-0.3, -0.25) is 4.79 Å². The van der Waals surface area contributed by atoms with Crippen molar-refractivity contribution in [1.29, 1.82) is 5.26 Å². The average Bonchev–Trinajstić information content (AvgIpc) is 2.85. The topological polar surface area (TPSA) is 59.9 Å². The van der Waals surface area contributed by atoms with Crippen LogP contribution in [-0.2, 0) is 5.41 Å². The summed E-state index contributed by atoms with van der Waals surface area (Å²) in [6.45, 7) is 6.46. The van der Waals surface area contributed by atoms with Gasteiger partial charge in [0.1, 0.15) is 11.6 Å². The highest BCUT2D eigenvalue weighted by Gasteiger charge is 2.17. The zero-order chi connectivity index (χ0) is 16.5. The molecule has 1 N–H and O–H groups in total. The minimum Gasteiger partial charge on any atom is -0.382 e. The van der Waals surface area contributed by atoms with Crippen LogP contribution in [0.1, 0.15) is 36.8 Å². The molecule has 2 aromatic rings. The number of allylic oxidation sites excluding steroid dienone is 1. The summed E-state index contributed by atoms with van der Waals surface area (Å²) >= 11 is 0. The van der Waals surface area contributed by atoms with E-state index in [1.54, 1.807) is 19.0 Å². The van der Waals surface area contributed by atoms with Crippen molar-refractivity contribution in [3.63, 3.8) is 0 Å². The van der Waals surface area contributed by atoms with Gasteiger partial charge in [-0.25, -0.2) is 0 Å². The van der Waals surface area contributed by atoms with Crippen LogP contribution in [0.3, 0.4) is 0 Å². The summed E-state index contributed by atoms with van der Waals surface area (Å²) < 4.78 is 0. The number of nitrogens with zero attached hydrogens (tertiary/aromatic N) is 2. The zero-order valence-electron chi connectivity index (χ0n) is 13.7. The van der Waals surface area contributed by atoms with Crippen LogP contribution in [0.2, 0.25) is 0 Å². The predicted molar refractivity (Wildman–Crippen MR) is 88.7 cm³/mol. The van der Waals surface area contributed by atoms with E-state index in [2.05, 4.69) is 37.9 Å². The van der Waals surface area contributed by atoms with Crippen LogP contribution in [0.5, 0.6) is 0 Å². The van der Waals surface area contributed by atoms with E-state index in [1.807, 2.05) is 18.2 Å². The van der Waals surface area contributed by atoms with Crippen LogP contribution in [0, 0.1) is 11.3 Å². The first-order chi connectivity index (χ1) is 10.2. The van der Waals surface area contributed by atoms with Gasteiger partial charge < -0.3 is 9.88 Å². The first kappa shape index (κ1) is 15.8. The molecule has 0 aliphatic heterocycles. The molecule has 0 fully saturated rings. The van der Waals surface area contributed by atoms with Gasteiger partial charge in [-0.05, 0) is 29.2 Å². The Labute approximate surface area is 131 Å². The third kappa shape index (κ3) is 3.20. The second-order valence-corrected chi connectivity index (χ2v) is 6.68. The van der Waals surface area contributed by atoms with Crippen molar-refractivity contribution in [3.8, 4) is 6.07 Å². The number of carbonyl (C=O) groups excluding carboxylic acids is 1. The van der Waals surface area contributed by atoms with E-state index >= 15 is 0 Å². The van der Waals surface area contributed by atoms with Gasteiger partial charge in [0, 0.05) is 31.2 Å². The Bertz CT molecular complexity index is 783. The minimum absolute atomic E-state index is 0.0538. The lowest BCUT2D eigenvalue weighted by Crippen LogP contribution is -2.10. The van der Waals surface area contributed by atoms with E-state index in [0.717, 1.165) is 10.9 Å². The molecule has 4 heteroatoms. The van der Waals surface area contributed by atoms with E-state index in [1.165, 1.54) is 11.8 Å². The number of benzene rings is 1. The largest absolute Gasteiger partial charge is 0.382 e. The van der Waals surface area contributed by atoms with Crippen molar-refractivity contribution in [2.45, 2.75) is 26.2 Å². The SMILES string of the molecule is CN(C)C=C(C#N)C(=O)c1cc2cc(C(C)(C)C)ccc2[nH]1. The molecule has 0 amide bonds. The lowest BCUT2D eigenvalue weighted by Gasteiger charge is -2.18. The lowest BCUT2D eigenvalue weighted by molar-refractivity contribution is 0.103. The molecule has 0 aliphatic rings. The van der Waals surface area contributed by atoms with Crippen molar-refractivity contribution in [1.82, 2.24) is 9.88 Å². The highest BCUT2D eigenvalue weighted by Crippen LogP contribution is 2.26. The smallest absolute Gasteiger partial charge is 0.221 e. The molecule has 0 unspecified atom stereocenters. The number of hydrogen-bond donors (Lipinski definition) is 1. The van der Waals surface area contributed by atoms with Crippen LogP contribution in [-0.4, -0.2) is 29.8 Å². The first-order valence-electron chi connectivity index (χ1n) is 7.18. The van der Waals surface area contributed by atoms with Crippen LogP contribution in [0.4, 0.5) is 0 Å². The van der Waals surface area contributed by atoms with Crippen molar-refractivity contribution in [3.05, 3.63) is 47.3 Å². The third-order valence-electron chi connectivity index (χ3n) is 3.48. The molecule has 0 aliphatic carbocycles. The summed E-state index contributed by atoms with van der Waals surface area (Å²) in [6.07, 6.45) is 1.54. The van der Waals surface area contributed by atoms with Crippen LogP contribution < -0.4 is 0 Å². The van der Waals surface area contributed by atoms with Gasteiger partial charge in [0.25, 0.3) is 0 Å². The number of nitrogens with one attached hydrogen (secondary N) is 1. The van der Waals surface area contributed by atoms with E-state index in [4.69, 9.17) is 5.26 Å². The number of aromatic nitrogens is 1. The second kappa shape index (κ2) is 5.69. The van der Waals surface area contributed by atoms with Gasteiger partial charge in [-0.1, -0.05) is 26.8 Å². The lowest BCUT2D eigenvalue weighted by atomic mass is 9.86. The predicted octanol–water partition coefficient (Wildman–Crippen LogP) is 3.62. The Balaban J connectivity index is 2.46. The molecule has 0 spiro atoms. The molecule has 1 aromatic heterocycles. The molecular formula is C18H21N3O. The Morgan fingerprint density at radius 1 is 1.27 bits per heavy atom. The summed E-state index contributed by atoms with van der Waals surface area (Å²) in [7, 11) is 3.57. The molecule has 1 aromatic carbocycles. The average molecular weight is 295 g/mol. The van der Waals surface area contributed by atoms with Crippen LogP contribution in [0.25, 0.3) is 10.9 Å². The maximum absolute atomic E-state index is 12.4. The van der Waals surface area contributed by atoms with Gasteiger partial charge in [0.2, 0.25) is 5.78 Å². The Morgan fingerprint density at radius 3 is 2.50 bits per heavy atom. The summed E-state index contributed by atoms with van der Waals surface area (Å²) in [5, 5.41) is 10.1. The quantitative estimate of drug-likeness (QED) is 0.534. The number of hydrogen-bond acceptors (Lipinski definition) is 3. The maximum Gasteiger partial charge on any atom is 0.221 e. The first-order valence-corrected chi connectivity index (χ1v) is 7.18. The number of carbonyl (C=O) groups is 1. The van der Waals surface area contributed by atoms with Crippen molar-refractivity contribution < 1.29 is 4.79 Å². The number of fused-ring (bicyclic) bond motifs is 1. The molecule has 114 valence electrons. The summed E-state index contributed by atoms with van der Waals surface area (Å²) in [5.74, 6) is -0.287. The normalized spacial score (nSPS) is 12.3. The van der Waals surface area contributed by atoms with E-state index < -0.39 is 0 Å². The van der Waals surface area contributed by atoms with Crippen molar-refractivity contribution >= 4 is 16.7 Å². The zero-order valence-corrected chi connectivity index (χ0v) is 13.7. The number of ketones is 1. The molecule has 0 bridgehead atoms. The number of rotatable bonds is 3. The molecular weight excluding hydrogens is 274 g/mol. The molecule has 2 rings (SSSR count). The van der Waals surface area contributed by atoms with Crippen LogP contribution in [0.15, 0.2) is 36.0 Å². The Morgan fingerprint density at radius 2 is 1.95 bits per heavy atom. The van der Waals surface area contributed by atoms with Gasteiger partial charge in [-0.15, -0.1) is 0 Å². The molecule has 0 atom stereocenters. The second-order valence-electron chi connectivity index (χ2n) is 6.68. The fourth-order valence-electron chi connectivity index (χ4n) is 2.26. The fraction of sp³-hybridized carbons (Fsp3) is 0.333. The Hall–Kier alpha value is -2.54. The summed E-state index contributed by atoms with van der Waals surface area (Å²) in [5.41, 5.74) is 2.72. The summed E-state index contributed by atoms with van der Waals surface area (Å²) in [6, 6.07) is 9.91. The van der Waals surface area contributed by atoms with Crippen molar-refractivity contribution in [2.24, 2.45) is 0 Å². The molecule has 0 saturated heterocycles. The van der Waals surface area contributed by atoms with Gasteiger partial charge in [-0.2, -0.15) is 5.26 Å². The van der Waals surface area contributed by atoms with E-state index in [9.17, 15) is 4.79 Å². The van der Waals surface area contributed by atoms with E-state index in [-0.39, 0.29) is 16.8 Å². The molecule has 1 heterocycles. The number of nitriles is 1. The van der Waals surface area contributed by atoms with Gasteiger partial charge >= 0.3 is 0 Å².